The number of nitrogens with one attached hydrogen (secondary N) is 3. The minimum absolute atomic E-state index is 0.00887. The molecule has 1 aliphatic carbocycles. The molecule has 1 unspecified atom stereocenters. The Morgan fingerprint density at radius 3 is 2.42 bits per heavy atom. The number of carbonyl (C=O) groups excluding carboxylic acids is 4. The van der Waals surface area contributed by atoms with E-state index in [2.05, 4.69) is 10.6 Å². The molecule has 1 saturated heterocycles. The maximum Gasteiger partial charge on any atom is 0.471 e. The van der Waals surface area contributed by atoms with Crippen molar-refractivity contribution in [3.8, 4) is 6.07 Å². The van der Waals surface area contributed by atoms with Crippen molar-refractivity contribution < 1.29 is 32.3 Å². The van der Waals surface area contributed by atoms with E-state index < -0.39 is 53.4 Å². The first-order chi connectivity index (χ1) is 18.4. The van der Waals surface area contributed by atoms with Gasteiger partial charge in [0, 0.05) is 12.2 Å². The number of piperidine rings is 1. The molecule has 40 heavy (non-hydrogen) atoms. The van der Waals surface area contributed by atoms with Gasteiger partial charge in [-0.2, -0.15) is 18.4 Å². The molecule has 0 aromatic heterocycles. The van der Waals surface area contributed by atoms with Crippen LogP contribution < -0.4 is 16.0 Å². The molecule has 1 aromatic carbocycles. The van der Waals surface area contributed by atoms with Gasteiger partial charge in [-0.15, -0.1) is 0 Å². The van der Waals surface area contributed by atoms with E-state index in [0.29, 0.717) is 5.69 Å². The number of benzene rings is 1. The fourth-order valence-electron chi connectivity index (χ4n) is 6.16. The van der Waals surface area contributed by atoms with Gasteiger partial charge < -0.3 is 20.9 Å². The Labute approximate surface area is 230 Å². The van der Waals surface area contributed by atoms with Crippen LogP contribution in [0, 0.1) is 40.9 Å². The summed E-state index contributed by atoms with van der Waals surface area (Å²) in [5, 5.41) is 17.1. The van der Waals surface area contributed by atoms with E-state index in [4.69, 9.17) is 0 Å². The number of alkyl halides is 3. The van der Waals surface area contributed by atoms with Crippen molar-refractivity contribution in [1.29, 1.82) is 5.26 Å². The number of hydrogen-bond donors (Lipinski definition) is 3. The molecule has 0 spiro atoms. The minimum Gasteiger partial charge on any atom is -0.339 e. The molecule has 9 nitrogen and oxygen atoms in total. The van der Waals surface area contributed by atoms with Crippen molar-refractivity contribution in [2.45, 2.75) is 78.2 Å². The van der Waals surface area contributed by atoms with Crippen molar-refractivity contribution >= 4 is 29.3 Å². The van der Waals surface area contributed by atoms with Crippen LogP contribution in [-0.2, 0) is 19.2 Å². The summed E-state index contributed by atoms with van der Waals surface area (Å²) in [6.45, 7) is 10.5. The first-order valence-electron chi connectivity index (χ1n) is 13.2. The Hall–Kier alpha value is -3.62. The largest absolute Gasteiger partial charge is 0.471 e. The number of rotatable bonds is 6. The van der Waals surface area contributed by atoms with E-state index in [0.717, 1.165) is 11.1 Å². The van der Waals surface area contributed by atoms with Gasteiger partial charge in [0.05, 0.1) is 12.0 Å². The van der Waals surface area contributed by atoms with Crippen molar-refractivity contribution in [3.05, 3.63) is 29.3 Å². The van der Waals surface area contributed by atoms with Crippen LogP contribution >= 0.6 is 0 Å². The number of fused-ring (bicyclic) bond motifs is 2. The van der Waals surface area contributed by atoms with Gasteiger partial charge in [-0.3, -0.25) is 19.2 Å². The lowest BCUT2D eigenvalue weighted by atomic mass is 9.85. The highest BCUT2D eigenvalue weighted by Gasteiger charge is 2.70. The number of nitriles is 1. The van der Waals surface area contributed by atoms with Crippen LogP contribution in [0.15, 0.2) is 18.2 Å². The average molecular weight is 562 g/mol. The summed E-state index contributed by atoms with van der Waals surface area (Å²) in [6, 6.07) is 3.89. The normalized spacial score (nSPS) is 26.1. The highest BCUT2D eigenvalue weighted by atomic mass is 19.4. The zero-order valence-corrected chi connectivity index (χ0v) is 23.3. The molecular weight excluding hydrogens is 527 g/mol. The highest BCUT2D eigenvalue weighted by molar-refractivity contribution is 6.03. The number of hydrogen-bond acceptors (Lipinski definition) is 5. The zero-order chi connectivity index (χ0) is 29.9. The lowest BCUT2D eigenvalue weighted by Gasteiger charge is -2.37. The van der Waals surface area contributed by atoms with Gasteiger partial charge in [-0.05, 0) is 47.6 Å². The minimum atomic E-state index is -5.18. The smallest absolute Gasteiger partial charge is 0.339 e. The van der Waals surface area contributed by atoms with Crippen molar-refractivity contribution in [2.75, 3.05) is 11.9 Å². The summed E-state index contributed by atoms with van der Waals surface area (Å²) in [5.74, 6) is -4.92. The molecule has 2 aliphatic heterocycles. The lowest BCUT2D eigenvalue weighted by Crippen LogP contribution is -2.61. The molecule has 1 aromatic rings. The summed E-state index contributed by atoms with van der Waals surface area (Å²) in [4.78, 5) is 52.9. The van der Waals surface area contributed by atoms with Crippen LogP contribution in [0.1, 0.15) is 58.1 Å². The van der Waals surface area contributed by atoms with E-state index >= 15 is 0 Å². The Balaban J connectivity index is 1.55. The molecular formula is C28H34F3N5O4. The molecule has 12 heteroatoms. The maximum atomic E-state index is 13.6. The summed E-state index contributed by atoms with van der Waals surface area (Å²) in [5.41, 5.74) is 0.931. The number of amides is 4. The molecule has 4 amide bonds. The van der Waals surface area contributed by atoms with Crippen LogP contribution in [0.2, 0.25) is 0 Å². The van der Waals surface area contributed by atoms with Crippen LogP contribution in [0.3, 0.4) is 0 Å². The standard InChI is InChI=1S/C28H34F3N5O4/c1-13-7-8-18-15(9-13)16(22(37)34-18)10-14(11-32)33-23(38)20-19-17(27(19,5)6)12-36(20)24(39)21(26(2,3)4)35-25(40)28(29,30)31/h7-9,14,16-17,19-21H,10,12H2,1-6H3,(H,33,38)(H,34,37)(H,35,40)/t14-,16?,17-,19+,20-,21+/m0/s1. The Bertz CT molecular complexity index is 1300. The third-order valence-corrected chi connectivity index (χ3v) is 8.51. The van der Waals surface area contributed by atoms with Crippen molar-refractivity contribution in [3.63, 3.8) is 0 Å². The molecule has 0 radical (unpaired) electrons. The Morgan fingerprint density at radius 1 is 1.20 bits per heavy atom. The lowest BCUT2D eigenvalue weighted by molar-refractivity contribution is -0.176. The van der Waals surface area contributed by atoms with Gasteiger partial charge in [0.1, 0.15) is 18.1 Å². The molecule has 2 heterocycles. The molecule has 3 N–H and O–H groups in total. The molecule has 3 aliphatic rings. The van der Waals surface area contributed by atoms with Gasteiger partial charge >= 0.3 is 12.1 Å². The number of nitrogens with zero attached hydrogens (tertiary/aromatic N) is 2. The monoisotopic (exact) mass is 561 g/mol. The van der Waals surface area contributed by atoms with E-state index in [1.807, 2.05) is 44.3 Å². The first-order valence-corrected chi connectivity index (χ1v) is 13.2. The summed E-state index contributed by atoms with van der Waals surface area (Å²) in [6.07, 6.45) is -5.17. The second-order valence-electron chi connectivity index (χ2n) is 12.7. The third kappa shape index (κ3) is 5.25. The van der Waals surface area contributed by atoms with Gasteiger partial charge in [0.15, 0.2) is 0 Å². The average Bonchev–Trinajstić information content (AvgIpc) is 3.14. The van der Waals surface area contributed by atoms with E-state index in [1.54, 1.807) is 6.07 Å². The summed E-state index contributed by atoms with van der Waals surface area (Å²) >= 11 is 0. The number of likely N-dealkylation sites (tertiary alicyclic amines) is 1. The molecule has 1 saturated carbocycles. The fraction of sp³-hybridized carbons (Fsp3) is 0.607. The van der Waals surface area contributed by atoms with Crippen molar-refractivity contribution in [1.82, 2.24) is 15.5 Å². The van der Waals surface area contributed by atoms with Crippen LogP contribution in [0.5, 0.6) is 0 Å². The summed E-state index contributed by atoms with van der Waals surface area (Å²) < 4.78 is 39.1. The van der Waals surface area contributed by atoms with E-state index in [1.165, 1.54) is 25.7 Å². The second-order valence-corrected chi connectivity index (χ2v) is 12.7. The van der Waals surface area contributed by atoms with Crippen LogP contribution in [0.4, 0.5) is 18.9 Å². The fourth-order valence-corrected chi connectivity index (χ4v) is 6.16. The van der Waals surface area contributed by atoms with Crippen molar-refractivity contribution in [2.24, 2.45) is 22.7 Å². The number of anilines is 1. The quantitative estimate of drug-likeness (QED) is 0.492. The molecule has 2 fully saturated rings. The Kier molecular flexibility index (Phi) is 7.18. The second kappa shape index (κ2) is 9.78. The SMILES string of the molecule is Cc1ccc2c(c1)C(C[C@@H](C#N)NC(=O)[C@@H]1[C@H]3[C@H](CN1C(=O)[C@@H](NC(=O)C(F)(F)F)C(C)(C)C)C3(C)C)C(=O)N2. The van der Waals surface area contributed by atoms with E-state index in [-0.39, 0.29) is 36.1 Å². The number of halogens is 3. The molecule has 216 valence electrons. The first kappa shape index (κ1) is 29.4. The molecule has 4 rings (SSSR count). The topological polar surface area (TPSA) is 131 Å². The van der Waals surface area contributed by atoms with Gasteiger partial charge in [-0.1, -0.05) is 52.3 Å². The van der Waals surface area contributed by atoms with Crippen LogP contribution in [0.25, 0.3) is 0 Å². The third-order valence-electron chi connectivity index (χ3n) is 8.51. The van der Waals surface area contributed by atoms with Gasteiger partial charge in [-0.25, -0.2) is 0 Å². The number of carbonyl (C=O) groups is 4. The molecule has 0 bridgehead atoms. The zero-order valence-electron chi connectivity index (χ0n) is 23.3. The van der Waals surface area contributed by atoms with Gasteiger partial charge in [0.25, 0.3) is 0 Å². The van der Waals surface area contributed by atoms with Crippen LogP contribution in [-0.4, -0.2) is 59.4 Å². The predicted octanol–water partition coefficient (Wildman–Crippen LogP) is 3.01. The van der Waals surface area contributed by atoms with Gasteiger partial charge in [0.2, 0.25) is 17.7 Å². The molecule has 6 atom stereocenters. The van der Waals surface area contributed by atoms with E-state index in [9.17, 15) is 37.6 Å². The Morgan fingerprint density at radius 2 is 1.85 bits per heavy atom. The summed E-state index contributed by atoms with van der Waals surface area (Å²) in [7, 11) is 0. The number of aryl methyl sites for hydroxylation is 1. The highest BCUT2D eigenvalue weighted by Crippen LogP contribution is 2.65. The maximum absolute atomic E-state index is 13.6. The predicted molar refractivity (Wildman–Crippen MR) is 138 cm³/mol.